The van der Waals surface area contributed by atoms with Gasteiger partial charge in [0, 0.05) is 18.4 Å². The van der Waals surface area contributed by atoms with Crippen LogP contribution in [0.1, 0.15) is 20.3 Å². The van der Waals surface area contributed by atoms with Gasteiger partial charge < -0.3 is 10.3 Å². The molecular formula is C8H13N3O. The lowest BCUT2D eigenvalue weighted by molar-refractivity contribution is 0.756. The predicted molar refractivity (Wildman–Crippen MR) is 48.2 cm³/mol. The summed E-state index contributed by atoms with van der Waals surface area (Å²) < 4.78 is 0. The summed E-state index contributed by atoms with van der Waals surface area (Å²) in [5.74, 6) is 0.395. The molecule has 0 bridgehead atoms. The van der Waals surface area contributed by atoms with Gasteiger partial charge in [-0.1, -0.05) is 6.92 Å². The van der Waals surface area contributed by atoms with E-state index in [1.807, 2.05) is 6.92 Å². The number of hydrogen-bond donors (Lipinski definition) is 2. The van der Waals surface area contributed by atoms with Gasteiger partial charge in [-0.05, 0) is 13.3 Å². The minimum atomic E-state index is -0.169. The number of nitrogens with zero attached hydrogens (tertiary/aromatic N) is 1. The highest BCUT2D eigenvalue weighted by atomic mass is 16.1. The maximum atomic E-state index is 11.1. The molecule has 0 aliphatic rings. The van der Waals surface area contributed by atoms with Gasteiger partial charge in [-0.15, -0.1) is 0 Å². The van der Waals surface area contributed by atoms with Crippen LogP contribution >= 0.6 is 0 Å². The van der Waals surface area contributed by atoms with Crippen LogP contribution < -0.4 is 10.9 Å². The van der Waals surface area contributed by atoms with Gasteiger partial charge in [0.2, 0.25) is 0 Å². The fourth-order valence-electron chi connectivity index (χ4n) is 0.790. The first-order chi connectivity index (χ1) is 5.74. The fraction of sp³-hybridized carbons (Fsp3) is 0.500. The lowest BCUT2D eigenvalue weighted by Crippen LogP contribution is -2.21. The molecule has 4 heteroatoms. The van der Waals surface area contributed by atoms with Gasteiger partial charge in [-0.2, -0.15) is 0 Å². The molecule has 12 heavy (non-hydrogen) atoms. The van der Waals surface area contributed by atoms with Gasteiger partial charge in [0.05, 0.1) is 0 Å². The summed E-state index contributed by atoms with van der Waals surface area (Å²) in [6.45, 7) is 4.06. The van der Waals surface area contributed by atoms with E-state index in [1.165, 1.54) is 6.20 Å². The summed E-state index contributed by atoms with van der Waals surface area (Å²) in [4.78, 5) is 17.6. The molecule has 1 heterocycles. The summed E-state index contributed by atoms with van der Waals surface area (Å²) >= 11 is 0. The Labute approximate surface area is 71.0 Å². The van der Waals surface area contributed by atoms with E-state index in [2.05, 4.69) is 22.2 Å². The van der Waals surface area contributed by atoms with Crippen LogP contribution in [0.4, 0.5) is 5.82 Å². The Morgan fingerprint density at radius 2 is 2.50 bits per heavy atom. The van der Waals surface area contributed by atoms with Crippen molar-refractivity contribution in [3.63, 3.8) is 0 Å². The number of aromatic nitrogens is 2. The minimum Gasteiger partial charge on any atom is -0.363 e. The van der Waals surface area contributed by atoms with Crippen LogP contribution in [-0.4, -0.2) is 16.0 Å². The van der Waals surface area contributed by atoms with E-state index in [9.17, 15) is 4.79 Å². The molecule has 66 valence electrons. The van der Waals surface area contributed by atoms with Crippen molar-refractivity contribution in [1.82, 2.24) is 9.97 Å². The van der Waals surface area contributed by atoms with Crippen molar-refractivity contribution in [3.8, 4) is 0 Å². The minimum absolute atomic E-state index is 0.169. The molecule has 0 aromatic carbocycles. The molecule has 0 aliphatic carbocycles. The molecule has 0 saturated heterocycles. The van der Waals surface area contributed by atoms with Gasteiger partial charge in [0.25, 0.3) is 5.56 Å². The van der Waals surface area contributed by atoms with E-state index < -0.39 is 0 Å². The summed E-state index contributed by atoms with van der Waals surface area (Å²) in [5, 5.41) is 3.00. The second-order valence-corrected chi connectivity index (χ2v) is 2.72. The molecule has 1 aromatic heterocycles. The molecule has 1 unspecified atom stereocenters. The zero-order valence-corrected chi connectivity index (χ0v) is 7.29. The zero-order chi connectivity index (χ0) is 8.97. The zero-order valence-electron chi connectivity index (χ0n) is 7.29. The van der Waals surface area contributed by atoms with Gasteiger partial charge in [0.1, 0.15) is 0 Å². The van der Waals surface area contributed by atoms with Crippen LogP contribution in [0.2, 0.25) is 0 Å². The second-order valence-electron chi connectivity index (χ2n) is 2.72. The van der Waals surface area contributed by atoms with E-state index in [0.717, 1.165) is 6.42 Å². The van der Waals surface area contributed by atoms with Crippen molar-refractivity contribution in [1.29, 1.82) is 0 Å². The van der Waals surface area contributed by atoms with Crippen molar-refractivity contribution in [3.05, 3.63) is 22.7 Å². The molecular weight excluding hydrogens is 154 g/mol. The second kappa shape index (κ2) is 3.90. The summed E-state index contributed by atoms with van der Waals surface area (Å²) in [6.07, 6.45) is 4.05. The normalized spacial score (nSPS) is 12.5. The molecule has 4 nitrogen and oxygen atoms in total. The molecule has 0 saturated carbocycles. The quantitative estimate of drug-likeness (QED) is 0.705. The SMILES string of the molecule is CCC(C)Nc1ncc[nH]c1=O. The molecule has 1 aromatic rings. The first-order valence-electron chi connectivity index (χ1n) is 4.04. The van der Waals surface area contributed by atoms with Crippen LogP contribution in [0.5, 0.6) is 0 Å². The number of H-pyrrole nitrogens is 1. The van der Waals surface area contributed by atoms with E-state index in [0.29, 0.717) is 5.82 Å². The topological polar surface area (TPSA) is 57.8 Å². The van der Waals surface area contributed by atoms with Crippen LogP contribution in [-0.2, 0) is 0 Å². The Hall–Kier alpha value is -1.32. The van der Waals surface area contributed by atoms with E-state index in [4.69, 9.17) is 0 Å². The number of hydrogen-bond acceptors (Lipinski definition) is 3. The third kappa shape index (κ3) is 2.08. The number of rotatable bonds is 3. The highest BCUT2D eigenvalue weighted by Gasteiger charge is 2.02. The third-order valence-corrected chi connectivity index (χ3v) is 1.70. The number of aromatic amines is 1. The van der Waals surface area contributed by atoms with Crippen LogP contribution in [0, 0.1) is 0 Å². The monoisotopic (exact) mass is 167 g/mol. The summed E-state index contributed by atoms with van der Waals surface area (Å²) in [5.41, 5.74) is -0.169. The Kier molecular flexibility index (Phi) is 2.85. The average molecular weight is 167 g/mol. The molecule has 0 fully saturated rings. The standard InChI is InChI=1S/C8H13N3O/c1-3-6(2)11-7-8(12)10-5-4-9-7/h4-6H,3H2,1-2H3,(H,9,11)(H,10,12). The molecule has 0 amide bonds. The smallest absolute Gasteiger partial charge is 0.290 e. The first kappa shape index (κ1) is 8.77. The van der Waals surface area contributed by atoms with Crippen molar-refractivity contribution in [2.45, 2.75) is 26.3 Å². The van der Waals surface area contributed by atoms with Gasteiger partial charge >= 0.3 is 0 Å². The predicted octanol–water partition coefficient (Wildman–Crippen LogP) is 0.980. The lowest BCUT2D eigenvalue weighted by atomic mass is 10.3. The highest BCUT2D eigenvalue weighted by Crippen LogP contribution is 1.97. The van der Waals surface area contributed by atoms with Crippen molar-refractivity contribution in [2.75, 3.05) is 5.32 Å². The van der Waals surface area contributed by atoms with Crippen LogP contribution in [0.3, 0.4) is 0 Å². The number of nitrogens with one attached hydrogen (secondary N) is 2. The van der Waals surface area contributed by atoms with E-state index >= 15 is 0 Å². The molecule has 1 atom stereocenters. The summed E-state index contributed by atoms with van der Waals surface area (Å²) in [6, 6.07) is 0.279. The largest absolute Gasteiger partial charge is 0.363 e. The lowest BCUT2D eigenvalue weighted by Gasteiger charge is -2.09. The molecule has 1 rings (SSSR count). The Bertz CT molecular complexity index is 294. The Morgan fingerprint density at radius 3 is 3.08 bits per heavy atom. The Balaban J connectivity index is 2.76. The average Bonchev–Trinajstić information content (AvgIpc) is 2.09. The van der Waals surface area contributed by atoms with Gasteiger partial charge in [-0.25, -0.2) is 4.98 Å². The third-order valence-electron chi connectivity index (χ3n) is 1.70. The van der Waals surface area contributed by atoms with Crippen molar-refractivity contribution >= 4 is 5.82 Å². The van der Waals surface area contributed by atoms with Gasteiger partial charge in [0.15, 0.2) is 5.82 Å². The number of anilines is 1. The van der Waals surface area contributed by atoms with Crippen molar-refractivity contribution < 1.29 is 0 Å². The van der Waals surface area contributed by atoms with Crippen molar-refractivity contribution in [2.24, 2.45) is 0 Å². The van der Waals surface area contributed by atoms with Crippen LogP contribution in [0.25, 0.3) is 0 Å². The van der Waals surface area contributed by atoms with E-state index in [1.54, 1.807) is 6.20 Å². The highest BCUT2D eigenvalue weighted by molar-refractivity contribution is 5.30. The fourth-order valence-corrected chi connectivity index (χ4v) is 0.790. The maximum absolute atomic E-state index is 11.1. The molecule has 2 N–H and O–H groups in total. The van der Waals surface area contributed by atoms with Crippen LogP contribution in [0.15, 0.2) is 17.2 Å². The Morgan fingerprint density at radius 1 is 1.75 bits per heavy atom. The first-order valence-corrected chi connectivity index (χ1v) is 4.04. The molecule has 0 radical (unpaired) electrons. The summed E-state index contributed by atoms with van der Waals surface area (Å²) in [7, 11) is 0. The maximum Gasteiger partial charge on any atom is 0.290 e. The molecule has 0 aliphatic heterocycles. The van der Waals surface area contributed by atoms with Gasteiger partial charge in [-0.3, -0.25) is 4.79 Å². The molecule has 0 spiro atoms. The van der Waals surface area contributed by atoms with E-state index in [-0.39, 0.29) is 11.6 Å².